The lowest BCUT2D eigenvalue weighted by Crippen LogP contribution is -2.38. The smallest absolute Gasteiger partial charge is 0.123 e. The van der Waals surface area contributed by atoms with Crippen LogP contribution in [-0.4, -0.2) is 29.6 Å². The molecule has 3 aromatic carbocycles. The van der Waals surface area contributed by atoms with E-state index >= 15 is 0 Å². The Balaban J connectivity index is 1.45. The highest BCUT2D eigenvalue weighted by atomic mass is 19.1. The van der Waals surface area contributed by atoms with Crippen molar-refractivity contribution in [1.29, 1.82) is 0 Å². The molecule has 1 aliphatic heterocycles. The zero-order valence-corrected chi connectivity index (χ0v) is 20.6. The zero-order valence-electron chi connectivity index (χ0n) is 20.6. The van der Waals surface area contributed by atoms with Crippen molar-refractivity contribution in [3.05, 3.63) is 95.4 Å². The highest BCUT2D eigenvalue weighted by Crippen LogP contribution is 2.41. The molecule has 0 saturated carbocycles. The van der Waals surface area contributed by atoms with Gasteiger partial charge < -0.3 is 14.2 Å². The number of nitrogens with zero attached hydrogens (tertiary/aromatic N) is 2. The van der Waals surface area contributed by atoms with Crippen molar-refractivity contribution in [2.75, 3.05) is 14.1 Å². The SMILES string of the molecule is CC(c1ccc(F)cc1)C(C1OCc2cc(-c3ccc4c(ccn4C(C)C)c3)ccc21)N(C)C. The number of benzene rings is 3. The van der Waals surface area contributed by atoms with Gasteiger partial charge in [0.05, 0.1) is 12.7 Å². The first kappa shape index (κ1) is 22.8. The van der Waals surface area contributed by atoms with E-state index < -0.39 is 0 Å². The largest absolute Gasteiger partial charge is 0.367 e. The monoisotopic (exact) mass is 456 g/mol. The molecule has 34 heavy (non-hydrogen) atoms. The van der Waals surface area contributed by atoms with Crippen LogP contribution in [0.15, 0.2) is 72.9 Å². The maximum atomic E-state index is 13.5. The molecule has 0 N–H and O–H groups in total. The maximum absolute atomic E-state index is 13.5. The molecule has 0 spiro atoms. The number of hydrogen-bond donors (Lipinski definition) is 0. The first-order chi connectivity index (χ1) is 16.3. The van der Waals surface area contributed by atoms with Crippen LogP contribution in [0.1, 0.15) is 55.5 Å². The lowest BCUT2D eigenvalue weighted by Gasteiger charge is -2.35. The van der Waals surface area contributed by atoms with Crippen LogP contribution in [0.3, 0.4) is 0 Å². The van der Waals surface area contributed by atoms with Crippen molar-refractivity contribution < 1.29 is 9.13 Å². The molecule has 3 unspecified atom stereocenters. The molecule has 3 nitrogen and oxygen atoms in total. The first-order valence-electron chi connectivity index (χ1n) is 12.1. The molecule has 4 aromatic rings. The summed E-state index contributed by atoms with van der Waals surface area (Å²) in [7, 11) is 4.19. The molecule has 5 rings (SSSR count). The van der Waals surface area contributed by atoms with Crippen LogP contribution in [0.4, 0.5) is 4.39 Å². The first-order valence-corrected chi connectivity index (χ1v) is 12.1. The molecule has 3 atom stereocenters. The molecule has 4 heteroatoms. The van der Waals surface area contributed by atoms with Gasteiger partial charge in [-0.2, -0.15) is 0 Å². The Labute approximate surface area is 201 Å². The van der Waals surface area contributed by atoms with Crippen molar-refractivity contribution in [3.8, 4) is 11.1 Å². The average Bonchev–Trinajstić information content (AvgIpc) is 3.43. The van der Waals surface area contributed by atoms with Gasteiger partial charge in [-0.1, -0.05) is 37.3 Å². The highest BCUT2D eigenvalue weighted by molar-refractivity contribution is 5.86. The molecule has 0 radical (unpaired) electrons. The molecule has 0 fully saturated rings. The van der Waals surface area contributed by atoms with Gasteiger partial charge in [0, 0.05) is 29.2 Å². The highest BCUT2D eigenvalue weighted by Gasteiger charge is 2.36. The van der Waals surface area contributed by atoms with Crippen molar-refractivity contribution in [1.82, 2.24) is 9.47 Å². The minimum atomic E-state index is -0.202. The molecule has 0 amide bonds. The molecular formula is C30H33FN2O. The summed E-state index contributed by atoms with van der Waals surface area (Å²) in [6.45, 7) is 7.23. The Morgan fingerprint density at radius 3 is 2.32 bits per heavy atom. The second kappa shape index (κ2) is 9.01. The fraction of sp³-hybridized carbons (Fsp3) is 0.333. The number of hydrogen-bond acceptors (Lipinski definition) is 2. The summed E-state index contributed by atoms with van der Waals surface area (Å²) in [4.78, 5) is 2.23. The van der Waals surface area contributed by atoms with E-state index in [1.54, 1.807) is 12.1 Å². The predicted molar refractivity (Wildman–Crippen MR) is 138 cm³/mol. The van der Waals surface area contributed by atoms with Crippen LogP contribution in [-0.2, 0) is 11.3 Å². The van der Waals surface area contributed by atoms with Gasteiger partial charge in [0.1, 0.15) is 5.82 Å². The number of likely N-dealkylation sites (N-methyl/N-ethyl adjacent to an activating group) is 1. The van der Waals surface area contributed by atoms with Gasteiger partial charge in [-0.25, -0.2) is 4.39 Å². The number of aromatic nitrogens is 1. The Kier molecular flexibility index (Phi) is 6.05. The lowest BCUT2D eigenvalue weighted by atomic mass is 9.85. The summed E-state index contributed by atoms with van der Waals surface area (Å²) < 4.78 is 22.2. The Morgan fingerprint density at radius 1 is 0.912 bits per heavy atom. The quantitative estimate of drug-likeness (QED) is 0.302. The van der Waals surface area contributed by atoms with Gasteiger partial charge >= 0.3 is 0 Å². The van der Waals surface area contributed by atoms with E-state index in [0.29, 0.717) is 12.6 Å². The van der Waals surface area contributed by atoms with E-state index in [9.17, 15) is 4.39 Å². The van der Waals surface area contributed by atoms with E-state index in [0.717, 1.165) is 5.56 Å². The van der Waals surface area contributed by atoms with Crippen molar-refractivity contribution in [2.24, 2.45) is 0 Å². The Bertz CT molecular complexity index is 1310. The van der Waals surface area contributed by atoms with Crippen LogP contribution in [0, 0.1) is 5.82 Å². The number of ether oxygens (including phenoxy) is 1. The van der Waals surface area contributed by atoms with Gasteiger partial charge in [-0.05, 0) is 98.1 Å². The maximum Gasteiger partial charge on any atom is 0.123 e. The Morgan fingerprint density at radius 2 is 1.62 bits per heavy atom. The lowest BCUT2D eigenvalue weighted by molar-refractivity contribution is -0.0000191. The van der Waals surface area contributed by atoms with Crippen LogP contribution in [0.2, 0.25) is 0 Å². The summed E-state index contributed by atoms with van der Waals surface area (Å²) >= 11 is 0. The van der Waals surface area contributed by atoms with Crippen molar-refractivity contribution >= 4 is 10.9 Å². The van der Waals surface area contributed by atoms with Crippen LogP contribution >= 0.6 is 0 Å². The van der Waals surface area contributed by atoms with E-state index in [1.807, 2.05) is 12.1 Å². The number of fused-ring (bicyclic) bond motifs is 2. The van der Waals surface area contributed by atoms with Crippen molar-refractivity contribution in [3.63, 3.8) is 0 Å². The number of rotatable bonds is 6. The molecule has 176 valence electrons. The summed E-state index contributed by atoms with van der Waals surface area (Å²) in [5.74, 6) is -0.00932. The van der Waals surface area contributed by atoms with E-state index in [4.69, 9.17) is 4.74 Å². The molecule has 0 bridgehead atoms. The fourth-order valence-electron chi connectivity index (χ4n) is 5.48. The number of halogens is 1. The van der Waals surface area contributed by atoms with Crippen molar-refractivity contribution in [2.45, 2.75) is 51.5 Å². The third-order valence-electron chi connectivity index (χ3n) is 7.29. The molecular weight excluding hydrogens is 423 g/mol. The van der Waals surface area contributed by atoms with Gasteiger partial charge in [-0.15, -0.1) is 0 Å². The van der Waals surface area contributed by atoms with Gasteiger partial charge in [0.2, 0.25) is 0 Å². The minimum Gasteiger partial charge on any atom is -0.367 e. The normalized spacial score (nSPS) is 17.5. The molecule has 1 aromatic heterocycles. The Hall–Kier alpha value is -2.95. The third-order valence-corrected chi connectivity index (χ3v) is 7.29. The van der Waals surface area contributed by atoms with Gasteiger partial charge in [-0.3, -0.25) is 0 Å². The van der Waals surface area contributed by atoms with Crippen LogP contribution < -0.4 is 0 Å². The fourth-order valence-corrected chi connectivity index (χ4v) is 5.48. The topological polar surface area (TPSA) is 17.4 Å². The summed E-state index contributed by atoms with van der Waals surface area (Å²) in [5, 5.41) is 1.27. The predicted octanol–water partition coefficient (Wildman–Crippen LogP) is 7.33. The van der Waals surface area contributed by atoms with Gasteiger partial charge in [0.25, 0.3) is 0 Å². The van der Waals surface area contributed by atoms with Crippen LogP contribution in [0.25, 0.3) is 22.0 Å². The van der Waals surface area contributed by atoms with E-state index in [2.05, 4.69) is 93.0 Å². The average molecular weight is 457 g/mol. The van der Waals surface area contributed by atoms with E-state index in [1.165, 1.54) is 33.2 Å². The van der Waals surface area contributed by atoms with E-state index in [-0.39, 0.29) is 23.9 Å². The van der Waals surface area contributed by atoms with Gasteiger partial charge in [0.15, 0.2) is 0 Å². The minimum absolute atomic E-state index is 0.0262. The summed E-state index contributed by atoms with van der Waals surface area (Å²) in [5.41, 5.74) is 7.34. The third kappa shape index (κ3) is 4.06. The second-order valence-corrected chi connectivity index (χ2v) is 10.0. The summed E-state index contributed by atoms with van der Waals surface area (Å²) in [6.07, 6.45) is 2.14. The molecule has 0 aliphatic carbocycles. The summed E-state index contributed by atoms with van der Waals surface area (Å²) in [6, 6.07) is 23.1. The molecule has 0 saturated heterocycles. The second-order valence-electron chi connectivity index (χ2n) is 10.0. The van der Waals surface area contributed by atoms with Crippen LogP contribution in [0.5, 0.6) is 0 Å². The molecule has 1 aliphatic rings. The molecule has 2 heterocycles. The standard InChI is InChI=1S/C30H33FN2O/c1-19(2)33-15-14-24-16-23(9-13-28(24)33)22-8-12-27-25(17-22)18-34-30(27)29(32(4)5)20(3)21-6-10-26(31)11-7-21/h6-17,19-20,29-30H,18H2,1-5H3. The zero-order chi connectivity index (χ0) is 24.0.